The number of aromatic amines is 5. The first kappa shape index (κ1) is 19.5. The summed E-state index contributed by atoms with van der Waals surface area (Å²) in [4.78, 5) is 53.8. The average Bonchev–Trinajstić information content (AvgIpc) is 3.48. The summed E-state index contributed by atoms with van der Waals surface area (Å²) in [5.41, 5.74) is -0.526. The second-order valence-electron chi connectivity index (χ2n) is 6.60. The number of hydrogen-bond acceptors (Lipinski definition) is 11. The number of nitrogens with zero attached hydrogens (tertiary/aromatic N) is 4. The van der Waals surface area contributed by atoms with Crippen LogP contribution in [-0.4, -0.2) is 44.9 Å². The molecule has 0 aliphatic carbocycles. The van der Waals surface area contributed by atoms with E-state index in [1.807, 2.05) is 0 Å². The molecule has 0 aliphatic rings. The van der Waals surface area contributed by atoms with Gasteiger partial charge < -0.3 is 4.42 Å². The summed E-state index contributed by atoms with van der Waals surface area (Å²) in [6.07, 6.45) is 0. The van der Waals surface area contributed by atoms with Gasteiger partial charge in [-0.2, -0.15) is 9.47 Å². The van der Waals surface area contributed by atoms with Gasteiger partial charge in [-0.25, -0.2) is 24.6 Å². The second kappa shape index (κ2) is 7.54. The maximum absolute atomic E-state index is 11.6. The zero-order valence-corrected chi connectivity index (χ0v) is 16.3. The molecule has 0 bridgehead atoms. The average molecular weight is 437 g/mol. The van der Waals surface area contributed by atoms with Gasteiger partial charge in [-0.15, -0.1) is 5.10 Å². The molecule has 15 nitrogen and oxygen atoms in total. The standard InChI is InChI=1S/C14H15N9O6S/c1-3(8-17-14(27)30-23-8)5(9-16-12(25)29-22-9)6(10-19-21-13(26)28-10)4(2)7-15-11(24)20-18-7/h3-6H,1-2H3,(H,21,26)(H,16,22,25)(H,17,23,27)(H2,15,18,20,24)/t3-,4+,5-,6-/m1/s1. The maximum Gasteiger partial charge on any atom is 0.438 e. The fourth-order valence-corrected chi connectivity index (χ4v) is 3.99. The van der Waals surface area contributed by atoms with E-state index in [2.05, 4.69) is 49.4 Å². The van der Waals surface area contributed by atoms with Crippen molar-refractivity contribution in [3.8, 4) is 0 Å². The fraction of sp³-hybridized carbons (Fsp3) is 0.429. The number of hydrogen-bond donors (Lipinski definition) is 5. The first-order valence-corrected chi connectivity index (χ1v) is 9.42. The Labute approximate surface area is 168 Å². The Bertz CT molecular complexity index is 1260. The van der Waals surface area contributed by atoms with Crippen LogP contribution in [0.2, 0.25) is 0 Å². The Morgan fingerprint density at radius 2 is 1.60 bits per heavy atom. The Kier molecular flexibility index (Phi) is 4.90. The first-order chi connectivity index (χ1) is 14.3. The molecule has 5 N–H and O–H groups in total. The highest BCUT2D eigenvalue weighted by Crippen LogP contribution is 2.46. The highest BCUT2D eigenvalue weighted by Gasteiger charge is 2.42. The molecule has 0 unspecified atom stereocenters. The molecule has 4 rings (SSSR count). The maximum atomic E-state index is 11.6. The molecular weight excluding hydrogens is 422 g/mol. The van der Waals surface area contributed by atoms with Gasteiger partial charge in [0.2, 0.25) is 5.89 Å². The van der Waals surface area contributed by atoms with Crippen LogP contribution in [0, 0.1) is 0 Å². The third-order valence-corrected chi connectivity index (χ3v) is 5.37. The number of rotatable bonds is 7. The molecule has 0 aromatic carbocycles. The first-order valence-electron chi connectivity index (χ1n) is 8.65. The van der Waals surface area contributed by atoms with Crippen molar-refractivity contribution in [1.82, 2.24) is 44.9 Å². The molecule has 0 radical (unpaired) electrons. The summed E-state index contributed by atoms with van der Waals surface area (Å²) in [5.74, 6) is -3.60. The molecule has 4 aromatic rings. The van der Waals surface area contributed by atoms with E-state index < -0.39 is 40.9 Å². The third-order valence-electron chi connectivity index (χ3n) is 4.82. The van der Waals surface area contributed by atoms with Crippen molar-refractivity contribution < 1.29 is 8.94 Å². The smallest absolute Gasteiger partial charge is 0.392 e. The largest absolute Gasteiger partial charge is 0.438 e. The van der Waals surface area contributed by atoms with E-state index >= 15 is 0 Å². The zero-order valence-electron chi connectivity index (χ0n) is 15.5. The molecule has 158 valence electrons. The molecule has 30 heavy (non-hydrogen) atoms. The predicted octanol–water partition coefficient (Wildman–Crippen LogP) is -0.930. The Balaban J connectivity index is 1.89. The van der Waals surface area contributed by atoms with E-state index in [1.165, 1.54) is 0 Å². The summed E-state index contributed by atoms with van der Waals surface area (Å²) in [5, 5.41) is 16.1. The summed E-state index contributed by atoms with van der Waals surface area (Å²) >= 11 is 0.733. The van der Waals surface area contributed by atoms with Crippen molar-refractivity contribution in [2.24, 2.45) is 0 Å². The highest BCUT2D eigenvalue weighted by atomic mass is 32.1. The van der Waals surface area contributed by atoms with Gasteiger partial charge in [0, 0.05) is 29.3 Å². The van der Waals surface area contributed by atoms with Gasteiger partial charge in [0.05, 0.1) is 5.92 Å². The third kappa shape index (κ3) is 3.59. The SMILES string of the molecule is C[C@H](c1n[nH]c(=O)[nH]1)[C@@H](c1n[nH]c(=O)o1)[C@H](c1noc(=O)[nH]1)[C@@H](C)c1nsc(=O)[nH]1. The quantitative estimate of drug-likeness (QED) is 0.239. The lowest BCUT2D eigenvalue weighted by atomic mass is 9.74. The zero-order chi connectivity index (χ0) is 21.4. The van der Waals surface area contributed by atoms with E-state index in [1.54, 1.807) is 13.8 Å². The second-order valence-corrected chi connectivity index (χ2v) is 7.34. The molecule has 0 saturated carbocycles. The molecule has 0 aliphatic heterocycles. The minimum absolute atomic E-state index is 0.0189. The van der Waals surface area contributed by atoms with E-state index in [9.17, 15) is 19.2 Å². The van der Waals surface area contributed by atoms with Crippen molar-refractivity contribution in [3.63, 3.8) is 0 Å². The summed E-state index contributed by atoms with van der Waals surface area (Å²) in [6, 6.07) is 0. The molecule has 4 atom stereocenters. The van der Waals surface area contributed by atoms with E-state index in [0.29, 0.717) is 5.82 Å². The fourth-order valence-electron chi connectivity index (χ4n) is 3.44. The Hall–Kier alpha value is -3.82. The molecule has 4 heterocycles. The van der Waals surface area contributed by atoms with Crippen molar-refractivity contribution in [1.29, 1.82) is 0 Å². The molecular formula is C14H15N9O6S. The summed E-state index contributed by atoms with van der Waals surface area (Å²) < 4.78 is 14.0. The van der Waals surface area contributed by atoms with Crippen LogP contribution in [0.5, 0.6) is 0 Å². The van der Waals surface area contributed by atoms with Crippen molar-refractivity contribution in [2.75, 3.05) is 0 Å². The lowest BCUT2D eigenvalue weighted by Gasteiger charge is -2.29. The lowest BCUT2D eigenvalue weighted by Crippen LogP contribution is -2.25. The number of aromatic nitrogens is 9. The molecule has 4 aromatic heterocycles. The lowest BCUT2D eigenvalue weighted by molar-refractivity contribution is 0.308. The number of H-pyrrole nitrogens is 5. The van der Waals surface area contributed by atoms with Crippen LogP contribution in [0.15, 0.2) is 28.1 Å². The Morgan fingerprint density at radius 3 is 2.13 bits per heavy atom. The monoisotopic (exact) mass is 437 g/mol. The molecule has 0 fully saturated rings. The van der Waals surface area contributed by atoms with Gasteiger partial charge in [0.15, 0.2) is 5.82 Å². The van der Waals surface area contributed by atoms with Crippen molar-refractivity contribution in [3.05, 3.63) is 64.6 Å². The van der Waals surface area contributed by atoms with Crippen LogP contribution in [0.3, 0.4) is 0 Å². The molecule has 0 amide bonds. The van der Waals surface area contributed by atoms with Crippen LogP contribution in [0.25, 0.3) is 0 Å². The van der Waals surface area contributed by atoms with Crippen LogP contribution in [0.4, 0.5) is 0 Å². The molecule has 0 saturated heterocycles. The summed E-state index contributed by atoms with van der Waals surface area (Å²) in [6.45, 7) is 3.45. The normalized spacial score (nSPS) is 15.7. The van der Waals surface area contributed by atoms with Crippen LogP contribution in [0.1, 0.15) is 60.9 Å². The van der Waals surface area contributed by atoms with Gasteiger partial charge in [-0.1, -0.05) is 19.0 Å². The van der Waals surface area contributed by atoms with E-state index in [-0.39, 0.29) is 22.4 Å². The van der Waals surface area contributed by atoms with Gasteiger partial charge in [-0.3, -0.25) is 24.3 Å². The van der Waals surface area contributed by atoms with Crippen LogP contribution < -0.4 is 22.1 Å². The summed E-state index contributed by atoms with van der Waals surface area (Å²) in [7, 11) is 0. The highest BCUT2D eigenvalue weighted by molar-refractivity contribution is 7.02. The van der Waals surface area contributed by atoms with Crippen molar-refractivity contribution >= 4 is 11.5 Å². The predicted molar refractivity (Wildman–Crippen MR) is 98.5 cm³/mol. The van der Waals surface area contributed by atoms with E-state index in [4.69, 9.17) is 4.42 Å². The van der Waals surface area contributed by atoms with Gasteiger partial charge in [0.25, 0.3) is 0 Å². The topological polar surface area (TPSA) is 225 Å². The van der Waals surface area contributed by atoms with Gasteiger partial charge in [-0.05, 0) is 0 Å². The minimum atomic E-state index is -0.794. The molecule has 16 heteroatoms. The number of nitrogens with one attached hydrogen (secondary N) is 5. The van der Waals surface area contributed by atoms with E-state index in [0.717, 1.165) is 11.5 Å². The minimum Gasteiger partial charge on any atom is -0.392 e. The van der Waals surface area contributed by atoms with Crippen LogP contribution >= 0.6 is 11.5 Å². The molecule has 0 spiro atoms. The van der Waals surface area contributed by atoms with Crippen LogP contribution in [-0.2, 0) is 0 Å². The van der Waals surface area contributed by atoms with Gasteiger partial charge >= 0.3 is 22.1 Å². The van der Waals surface area contributed by atoms with Crippen molar-refractivity contribution in [2.45, 2.75) is 37.5 Å². The van der Waals surface area contributed by atoms with Gasteiger partial charge in [0.1, 0.15) is 11.6 Å². The Morgan fingerprint density at radius 1 is 0.833 bits per heavy atom.